The first-order valence-electron chi connectivity index (χ1n) is 9.84. The zero-order valence-corrected chi connectivity index (χ0v) is 16.2. The summed E-state index contributed by atoms with van der Waals surface area (Å²) in [5, 5.41) is 0. The molecule has 3 heterocycles. The second kappa shape index (κ2) is 8.75. The van der Waals surface area contributed by atoms with Gasteiger partial charge in [-0.15, -0.1) is 0 Å². The highest BCUT2D eigenvalue weighted by atomic mass is 19.1. The number of furan rings is 1. The highest BCUT2D eigenvalue weighted by molar-refractivity contribution is 5.92. The van der Waals surface area contributed by atoms with Gasteiger partial charge in [-0.1, -0.05) is 12.1 Å². The van der Waals surface area contributed by atoms with E-state index in [1.165, 1.54) is 6.07 Å². The van der Waals surface area contributed by atoms with Crippen LogP contribution in [0.1, 0.15) is 10.6 Å². The molecular weight excluding hydrogens is 377 g/mol. The minimum atomic E-state index is -0.389. The normalized spacial score (nSPS) is 18.1. The van der Waals surface area contributed by atoms with E-state index in [-0.39, 0.29) is 23.4 Å². The van der Waals surface area contributed by atoms with Gasteiger partial charge in [0.2, 0.25) is 5.91 Å². The number of piperazine rings is 1. The van der Waals surface area contributed by atoms with Crippen molar-refractivity contribution in [1.29, 1.82) is 0 Å². The molecular formula is C21H24FN3O4. The average molecular weight is 401 g/mol. The first-order valence-corrected chi connectivity index (χ1v) is 9.84. The summed E-state index contributed by atoms with van der Waals surface area (Å²) >= 11 is 0. The van der Waals surface area contributed by atoms with Crippen LogP contribution in [0.4, 0.5) is 4.39 Å². The van der Waals surface area contributed by atoms with Gasteiger partial charge in [-0.05, 0) is 24.3 Å². The predicted octanol–water partition coefficient (Wildman–Crippen LogP) is 1.70. The Hall–Kier alpha value is -2.71. The van der Waals surface area contributed by atoms with Crippen LogP contribution in [-0.4, -0.2) is 85.5 Å². The fourth-order valence-corrected chi connectivity index (χ4v) is 3.63. The van der Waals surface area contributed by atoms with Crippen molar-refractivity contribution >= 4 is 11.8 Å². The fraction of sp³-hybridized carbons (Fsp3) is 0.429. The maximum Gasteiger partial charge on any atom is 0.289 e. The van der Waals surface area contributed by atoms with Crippen molar-refractivity contribution in [2.45, 2.75) is 0 Å². The highest BCUT2D eigenvalue weighted by Crippen LogP contribution is 2.25. The third kappa shape index (κ3) is 4.49. The molecule has 7 nitrogen and oxygen atoms in total. The van der Waals surface area contributed by atoms with Crippen LogP contribution in [0.3, 0.4) is 0 Å². The van der Waals surface area contributed by atoms with Gasteiger partial charge < -0.3 is 19.0 Å². The van der Waals surface area contributed by atoms with Crippen LogP contribution in [0, 0.1) is 5.82 Å². The number of ether oxygens (including phenoxy) is 1. The Bertz CT molecular complexity index is 870. The number of benzene rings is 1. The fourth-order valence-electron chi connectivity index (χ4n) is 3.63. The quantitative estimate of drug-likeness (QED) is 0.780. The molecule has 1 aromatic carbocycles. The summed E-state index contributed by atoms with van der Waals surface area (Å²) in [6.07, 6.45) is 0. The maximum absolute atomic E-state index is 13.9. The molecule has 154 valence electrons. The highest BCUT2D eigenvalue weighted by Gasteiger charge is 2.27. The number of carbonyl (C=O) groups is 2. The van der Waals surface area contributed by atoms with Gasteiger partial charge in [0.05, 0.1) is 25.3 Å². The first-order chi connectivity index (χ1) is 14.1. The van der Waals surface area contributed by atoms with Gasteiger partial charge in [-0.2, -0.15) is 0 Å². The second-order valence-electron chi connectivity index (χ2n) is 7.21. The first kappa shape index (κ1) is 19.6. The Morgan fingerprint density at radius 3 is 2.34 bits per heavy atom. The third-order valence-electron chi connectivity index (χ3n) is 5.34. The molecule has 2 amide bonds. The molecule has 0 radical (unpaired) electrons. The van der Waals surface area contributed by atoms with E-state index in [4.69, 9.17) is 9.15 Å². The zero-order valence-electron chi connectivity index (χ0n) is 16.2. The zero-order chi connectivity index (χ0) is 20.2. The summed E-state index contributed by atoms with van der Waals surface area (Å²) < 4.78 is 24.8. The summed E-state index contributed by atoms with van der Waals surface area (Å²) in [6.45, 7) is 5.11. The molecule has 0 aliphatic carbocycles. The molecule has 2 aliphatic rings. The van der Waals surface area contributed by atoms with Gasteiger partial charge in [0, 0.05) is 39.3 Å². The Morgan fingerprint density at radius 2 is 1.62 bits per heavy atom. The van der Waals surface area contributed by atoms with E-state index in [2.05, 4.69) is 4.90 Å². The summed E-state index contributed by atoms with van der Waals surface area (Å²) in [7, 11) is 0. The minimum absolute atomic E-state index is 0.105. The second-order valence-corrected chi connectivity index (χ2v) is 7.21. The molecule has 0 atom stereocenters. The number of rotatable bonds is 4. The van der Waals surface area contributed by atoms with Gasteiger partial charge in [-0.25, -0.2) is 4.39 Å². The lowest BCUT2D eigenvalue weighted by Gasteiger charge is -2.35. The van der Waals surface area contributed by atoms with Crippen molar-refractivity contribution in [3.63, 3.8) is 0 Å². The van der Waals surface area contributed by atoms with E-state index in [0.717, 1.165) is 0 Å². The van der Waals surface area contributed by atoms with Crippen LogP contribution in [0.25, 0.3) is 11.3 Å². The molecule has 8 heteroatoms. The number of halogens is 1. The number of carbonyl (C=O) groups excluding carboxylic acids is 2. The Balaban J connectivity index is 1.31. The Morgan fingerprint density at radius 1 is 0.897 bits per heavy atom. The molecule has 0 spiro atoms. The molecule has 1 aromatic heterocycles. The standard InChI is InChI=1S/C21H24FN3O4/c22-17-4-2-1-3-16(17)18-5-6-19(29-18)21(27)25-9-7-23(8-10-25)15-20(26)24-11-13-28-14-12-24/h1-6H,7-15H2. The molecule has 0 saturated carbocycles. The molecule has 0 bridgehead atoms. The molecule has 2 saturated heterocycles. The molecule has 2 aliphatic heterocycles. The van der Waals surface area contributed by atoms with Gasteiger partial charge in [-0.3, -0.25) is 14.5 Å². The predicted molar refractivity (Wildman–Crippen MR) is 104 cm³/mol. The van der Waals surface area contributed by atoms with Gasteiger partial charge in [0.1, 0.15) is 11.6 Å². The smallest absolute Gasteiger partial charge is 0.289 e. The van der Waals surface area contributed by atoms with Gasteiger partial charge in [0.25, 0.3) is 5.91 Å². The number of hydrogen-bond donors (Lipinski definition) is 0. The van der Waals surface area contributed by atoms with Gasteiger partial charge >= 0.3 is 0 Å². The topological polar surface area (TPSA) is 66.2 Å². The third-order valence-corrected chi connectivity index (χ3v) is 5.34. The Labute approximate surface area is 168 Å². The average Bonchev–Trinajstić information content (AvgIpc) is 3.25. The van der Waals surface area contributed by atoms with Crippen molar-refractivity contribution in [3.8, 4) is 11.3 Å². The Kier molecular flexibility index (Phi) is 5.92. The van der Waals surface area contributed by atoms with Crippen LogP contribution < -0.4 is 0 Å². The van der Waals surface area contributed by atoms with Gasteiger partial charge in [0.15, 0.2) is 5.76 Å². The van der Waals surface area contributed by atoms with Crippen molar-refractivity contribution < 1.29 is 23.1 Å². The number of nitrogens with zero attached hydrogens (tertiary/aromatic N) is 3. The number of amides is 2. The molecule has 2 fully saturated rings. The van der Waals surface area contributed by atoms with Crippen molar-refractivity contribution in [3.05, 3.63) is 48.0 Å². The number of hydrogen-bond acceptors (Lipinski definition) is 5. The van der Waals surface area contributed by atoms with E-state index in [1.807, 2.05) is 4.90 Å². The maximum atomic E-state index is 13.9. The molecule has 0 unspecified atom stereocenters. The van der Waals surface area contributed by atoms with E-state index in [1.54, 1.807) is 35.2 Å². The van der Waals surface area contributed by atoms with E-state index < -0.39 is 0 Å². The van der Waals surface area contributed by atoms with Crippen molar-refractivity contribution in [2.24, 2.45) is 0 Å². The SMILES string of the molecule is O=C(CN1CCN(C(=O)c2ccc(-c3ccccc3F)o2)CC1)N1CCOCC1. The monoisotopic (exact) mass is 401 g/mol. The lowest BCUT2D eigenvalue weighted by atomic mass is 10.1. The number of morpholine rings is 1. The van der Waals surface area contributed by atoms with E-state index in [0.29, 0.717) is 70.4 Å². The van der Waals surface area contributed by atoms with Crippen LogP contribution in [0.15, 0.2) is 40.8 Å². The van der Waals surface area contributed by atoms with E-state index >= 15 is 0 Å². The minimum Gasteiger partial charge on any atom is -0.451 e. The molecule has 4 rings (SSSR count). The summed E-state index contributed by atoms with van der Waals surface area (Å²) in [4.78, 5) is 30.7. The van der Waals surface area contributed by atoms with Crippen molar-refractivity contribution in [1.82, 2.24) is 14.7 Å². The molecule has 29 heavy (non-hydrogen) atoms. The van der Waals surface area contributed by atoms with Crippen LogP contribution in [-0.2, 0) is 9.53 Å². The summed E-state index contributed by atoms with van der Waals surface area (Å²) in [6, 6.07) is 9.50. The lowest BCUT2D eigenvalue weighted by molar-refractivity contribution is -0.136. The summed E-state index contributed by atoms with van der Waals surface area (Å²) in [5.74, 6) is 0.0297. The molecule has 2 aromatic rings. The van der Waals surface area contributed by atoms with Crippen LogP contribution >= 0.6 is 0 Å². The largest absolute Gasteiger partial charge is 0.451 e. The summed E-state index contributed by atoms with van der Waals surface area (Å²) in [5.41, 5.74) is 0.331. The van der Waals surface area contributed by atoms with Crippen LogP contribution in [0.2, 0.25) is 0 Å². The molecule has 0 N–H and O–H groups in total. The van der Waals surface area contributed by atoms with E-state index in [9.17, 15) is 14.0 Å². The van der Waals surface area contributed by atoms with Crippen LogP contribution in [0.5, 0.6) is 0 Å². The lowest BCUT2D eigenvalue weighted by Crippen LogP contribution is -2.52. The van der Waals surface area contributed by atoms with Crippen molar-refractivity contribution in [2.75, 3.05) is 59.0 Å².